The number of hydrogen-bond donors (Lipinski definition) is 0. The van der Waals surface area contributed by atoms with Crippen LogP contribution < -0.4 is 0 Å². The molecule has 1 radical (unpaired) electrons. The molecule has 0 aromatic heterocycles. The van der Waals surface area contributed by atoms with Gasteiger partial charge in [-0.05, 0) is 53.1 Å². The Morgan fingerprint density at radius 3 is 0.535 bits per heavy atom. The maximum absolute atomic E-state index is 14.1. The summed E-state index contributed by atoms with van der Waals surface area (Å²) in [6, 6.07) is -2.20. The van der Waals surface area contributed by atoms with E-state index >= 15 is 0 Å². The lowest BCUT2D eigenvalue weighted by Gasteiger charge is -2.32. The standard InChI is InChI=1S/C25H9F18/c26-20(27,28)10-4-1-5-11(21(29,30)31)16(10)19(17-12(22(32,33)34)6-2-7-13(17)23(35,36)37)18-14(24(38,39)40)8-3-9-15(18)25(41,42)43/h1-9H. The zero-order chi connectivity index (χ0) is 33.1. The van der Waals surface area contributed by atoms with Gasteiger partial charge in [0, 0.05) is 0 Å². The summed E-state index contributed by atoms with van der Waals surface area (Å²) < 4.78 is 253. The average Bonchev–Trinajstić information content (AvgIpc) is 2.80. The SMILES string of the molecule is FC(F)(F)c1cccc(C(F)(F)F)c1[C](c1c(C(F)(F)F)cccc1C(F)(F)F)c1c(C(F)(F)F)cccc1C(F)(F)F. The van der Waals surface area contributed by atoms with Crippen molar-refractivity contribution in [3.05, 3.63) is 111 Å². The van der Waals surface area contributed by atoms with Crippen molar-refractivity contribution in [2.75, 3.05) is 0 Å². The molecule has 0 heterocycles. The van der Waals surface area contributed by atoms with Crippen molar-refractivity contribution in [2.24, 2.45) is 0 Å². The second kappa shape index (κ2) is 10.5. The van der Waals surface area contributed by atoms with Crippen LogP contribution in [0.1, 0.15) is 50.1 Å². The number of hydrogen-bond acceptors (Lipinski definition) is 0. The zero-order valence-electron chi connectivity index (χ0n) is 20.0. The summed E-state index contributed by atoms with van der Waals surface area (Å²) in [4.78, 5) is 0. The fraction of sp³-hybridized carbons (Fsp3) is 0.240. The van der Waals surface area contributed by atoms with Crippen LogP contribution in [0.5, 0.6) is 0 Å². The van der Waals surface area contributed by atoms with Gasteiger partial charge in [-0.1, -0.05) is 18.2 Å². The van der Waals surface area contributed by atoms with Gasteiger partial charge in [-0.2, -0.15) is 79.0 Å². The highest BCUT2D eigenvalue weighted by Crippen LogP contribution is 2.55. The molecule has 0 bridgehead atoms. The van der Waals surface area contributed by atoms with E-state index in [0.717, 1.165) is 0 Å². The molecule has 0 N–H and O–H groups in total. The average molecular weight is 651 g/mol. The highest BCUT2D eigenvalue weighted by molar-refractivity contribution is 5.71. The molecule has 0 nitrogen and oxygen atoms in total. The molecule has 0 spiro atoms. The molecule has 0 aliphatic carbocycles. The molecule has 3 aromatic rings. The molecule has 43 heavy (non-hydrogen) atoms. The predicted octanol–water partition coefficient (Wildman–Crippen LogP) is 10.8. The summed E-state index contributed by atoms with van der Waals surface area (Å²) in [6.07, 6.45) is -37.0. The van der Waals surface area contributed by atoms with E-state index in [9.17, 15) is 79.0 Å². The lowest BCUT2D eigenvalue weighted by molar-refractivity contribution is -0.144. The van der Waals surface area contributed by atoms with Gasteiger partial charge in [0.2, 0.25) is 0 Å². The number of halogens is 18. The highest BCUT2D eigenvalue weighted by atomic mass is 19.4. The van der Waals surface area contributed by atoms with E-state index in [0.29, 0.717) is 0 Å². The van der Waals surface area contributed by atoms with Gasteiger partial charge < -0.3 is 0 Å². The van der Waals surface area contributed by atoms with Crippen LogP contribution in [-0.2, 0) is 37.1 Å². The second-order valence-electron chi connectivity index (χ2n) is 8.55. The Kier molecular flexibility index (Phi) is 8.31. The van der Waals surface area contributed by atoms with E-state index in [1.54, 1.807) is 0 Å². The van der Waals surface area contributed by atoms with Gasteiger partial charge in [0.25, 0.3) is 0 Å². The maximum Gasteiger partial charge on any atom is 0.416 e. The summed E-state index contributed by atoms with van der Waals surface area (Å²) in [6.45, 7) is 0. The van der Waals surface area contributed by atoms with E-state index in [1.807, 2.05) is 0 Å². The molecule has 0 unspecified atom stereocenters. The van der Waals surface area contributed by atoms with Crippen molar-refractivity contribution in [1.82, 2.24) is 0 Å². The third-order valence-corrected chi connectivity index (χ3v) is 5.78. The summed E-state index contributed by atoms with van der Waals surface area (Å²) in [5.74, 6) is -2.90. The van der Waals surface area contributed by atoms with E-state index in [1.165, 1.54) is 0 Å². The Balaban J connectivity index is 2.90. The van der Waals surface area contributed by atoms with Crippen LogP contribution in [0.4, 0.5) is 79.0 Å². The first kappa shape index (κ1) is 33.9. The van der Waals surface area contributed by atoms with Gasteiger partial charge in [-0.3, -0.25) is 0 Å². The smallest absolute Gasteiger partial charge is 0.166 e. The van der Waals surface area contributed by atoms with Crippen molar-refractivity contribution in [2.45, 2.75) is 37.1 Å². The third-order valence-electron chi connectivity index (χ3n) is 5.78. The van der Waals surface area contributed by atoms with Gasteiger partial charge in [-0.15, -0.1) is 0 Å². The topological polar surface area (TPSA) is 0 Å². The van der Waals surface area contributed by atoms with Gasteiger partial charge in [0.15, 0.2) is 0 Å². The van der Waals surface area contributed by atoms with Gasteiger partial charge >= 0.3 is 37.1 Å². The zero-order valence-corrected chi connectivity index (χ0v) is 20.0. The molecule has 0 fully saturated rings. The van der Waals surface area contributed by atoms with Crippen molar-refractivity contribution in [1.29, 1.82) is 0 Å². The molecule has 3 aromatic carbocycles. The molecule has 0 saturated carbocycles. The van der Waals surface area contributed by atoms with E-state index in [4.69, 9.17) is 0 Å². The van der Waals surface area contributed by atoms with E-state index in [-0.39, 0.29) is 54.6 Å². The molecule has 18 heteroatoms. The molecule has 0 aliphatic rings. The Morgan fingerprint density at radius 1 is 0.279 bits per heavy atom. The summed E-state index contributed by atoms with van der Waals surface area (Å²) >= 11 is 0. The molecule has 0 saturated heterocycles. The first-order chi connectivity index (χ1) is 19.2. The van der Waals surface area contributed by atoms with Crippen molar-refractivity contribution in [3.8, 4) is 0 Å². The van der Waals surface area contributed by atoms with Crippen LogP contribution in [-0.4, -0.2) is 0 Å². The van der Waals surface area contributed by atoms with Crippen molar-refractivity contribution >= 4 is 0 Å². The Morgan fingerprint density at radius 2 is 0.419 bits per heavy atom. The predicted molar refractivity (Wildman–Crippen MR) is 110 cm³/mol. The lowest BCUT2D eigenvalue weighted by atomic mass is 9.73. The molecule has 0 aliphatic heterocycles. The maximum atomic E-state index is 14.1. The summed E-state index contributed by atoms with van der Waals surface area (Å²) in [5.41, 5.74) is -25.1. The number of alkyl halides is 18. The monoisotopic (exact) mass is 651 g/mol. The molecule has 3 rings (SSSR count). The largest absolute Gasteiger partial charge is 0.416 e. The minimum absolute atomic E-state index is 0.0343. The fourth-order valence-corrected chi connectivity index (χ4v) is 4.26. The second-order valence-corrected chi connectivity index (χ2v) is 8.55. The van der Waals surface area contributed by atoms with Gasteiger partial charge in [-0.25, -0.2) is 0 Å². The Hall–Kier alpha value is -3.60. The molecule has 0 amide bonds. The van der Waals surface area contributed by atoms with Crippen LogP contribution in [0, 0.1) is 5.92 Å². The van der Waals surface area contributed by atoms with E-state index < -0.39 is 93.0 Å². The lowest BCUT2D eigenvalue weighted by Crippen LogP contribution is -2.29. The normalized spacial score (nSPS) is 14.0. The van der Waals surface area contributed by atoms with Crippen LogP contribution in [0.25, 0.3) is 0 Å². The highest BCUT2D eigenvalue weighted by Gasteiger charge is 2.52. The van der Waals surface area contributed by atoms with Crippen molar-refractivity contribution in [3.63, 3.8) is 0 Å². The minimum Gasteiger partial charge on any atom is -0.166 e. The first-order valence-electron chi connectivity index (χ1n) is 10.9. The number of benzene rings is 3. The van der Waals surface area contributed by atoms with Crippen LogP contribution in [0.15, 0.2) is 54.6 Å². The van der Waals surface area contributed by atoms with Gasteiger partial charge in [0.05, 0.1) is 39.3 Å². The molecular formula is C25H9F18. The summed E-state index contributed by atoms with van der Waals surface area (Å²) in [5, 5.41) is 0. The van der Waals surface area contributed by atoms with Crippen molar-refractivity contribution < 1.29 is 79.0 Å². The fourth-order valence-electron chi connectivity index (χ4n) is 4.26. The van der Waals surface area contributed by atoms with Crippen LogP contribution in [0.2, 0.25) is 0 Å². The van der Waals surface area contributed by atoms with Gasteiger partial charge in [0.1, 0.15) is 0 Å². The van der Waals surface area contributed by atoms with Crippen LogP contribution >= 0.6 is 0 Å². The molecule has 235 valence electrons. The van der Waals surface area contributed by atoms with E-state index in [2.05, 4.69) is 0 Å². The minimum atomic E-state index is -6.17. The summed E-state index contributed by atoms with van der Waals surface area (Å²) in [7, 11) is 0. The Bertz CT molecular complexity index is 1200. The molecular weight excluding hydrogens is 642 g/mol. The first-order valence-corrected chi connectivity index (χ1v) is 10.9. The number of rotatable bonds is 3. The third kappa shape index (κ3) is 6.82. The van der Waals surface area contributed by atoms with Crippen LogP contribution in [0.3, 0.4) is 0 Å². The molecule has 0 atom stereocenters. The quantitative estimate of drug-likeness (QED) is 0.195. The Labute approximate surface area is 227 Å².